The highest BCUT2D eigenvalue weighted by atomic mass is 19.4. The first-order chi connectivity index (χ1) is 12.3. The van der Waals surface area contributed by atoms with Crippen molar-refractivity contribution in [1.29, 1.82) is 0 Å². The molecule has 0 amide bonds. The minimum atomic E-state index is -4.73. The lowest BCUT2D eigenvalue weighted by molar-refractivity contribution is -0.198. The minimum absolute atomic E-state index is 0.0838. The van der Waals surface area contributed by atoms with Crippen molar-refractivity contribution in [1.82, 2.24) is 19.9 Å². The maximum absolute atomic E-state index is 12.4. The van der Waals surface area contributed by atoms with E-state index < -0.39 is 18.8 Å². The summed E-state index contributed by atoms with van der Waals surface area (Å²) < 4.78 is 37.3. The van der Waals surface area contributed by atoms with Crippen LogP contribution in [0.4, 0.5) is 36.7 Å². The molecule has 0 fully saturated rings. The lowest BCUT2D eigenvalue weighted by atomic mass is 10.3. The number of alkyl halides is 3. The van der Waals surface area contributed by atoms with Gasteiger partial charge in [0.15, 0.2) is 17.7 Å². The fourth-order valence-electron chi connectivity index (χ4n) is 2.06. The van der Waals surface area contributed by atoms with E-state index in [2.05, 4.69) is 41.2 Å². The average molecular weight is 374 g/mol. The van der Waals surface area contributed by atoms with Crippen molar-refractivity contribution in [2.45, 2.75) is 25.6 Å². The second-order valence-corrected chi connectivity index (χ2v) is 5.35. The lowest BCUT2D eigenvalue weighted by Crippen LogP contribution is -2.35. The molecular weight excluding hydrogens is 353 g/mol. The van der Waals surface area contributed by atoms with E-state index in [1.807, 2.05) is 6.92 Å². The number of anilines is 4. The van der Waals surface area contributed by atoms with Crippen LogP contribution in [0.15, 0.2) is 0 Å². The van der Waals surface area contributed by atoms with Gasteiger partial charge in [0.05, 0.1) is 6.54 Å². The van der Waals surface area contributed by atoms with Crippen LogP contribution in [0.25, 0.3) is 11.0 Å². The Bertz CT molecular complexity index is 755. The minimum Gasteiger partial charge on any atom is -0.382 e. The molecule has 0 radical (unpaired) electrons. The Morgan fingerprint density at radius 1 is 0.923 bits per heavy atom. The van der Waals surface area contributed by atoms with E-state index >= 15 is 0 Å². The third-order valence-corrected chi connectivity index (χ3v) is 3.38. The molecular formula is C14H21F3N8O. The van der Waals surface area contributed by atoms with E-state index in [1.165, 1.54) is 0 Å². The van der Waals surface area contributed by atoms with Crippen molar-refractivity contribution in [2.75, 3.05) is 48.5 Å². The van der Waals surface area contributed by atoms with Gasteiger partial charge in [-0.05, 0) is 6.42 Å². The zero-order chi connectivity index (χ0) is 19.3. The molecule has 5 N–H and O–H groups in total. The van der Waals surface area contributed by atoms with E-state index in [0.717, 1.165) is 6.42 Å². The number of aromatic nitrogens is 4. The summed E-state index contributed by atoms with van der Waals surface area (Å²) in [5.41, 5.74) is 0.741. The normalized spacial score (nSPS) is 12.7. The largest absolute Gasteiger partial charge is 0.416 e. The smallest absolute Gasteiger partial charge is 0.382 e. The van der Waals surface area contributed by atoms with E-state index in [4.69, 9.17) is 5.11 Å². The van der Waals surface area contributed by atoms with Gasteiger partial charge in [-0.1, -0.05) is 6.92 Å². The summed E-state index contributed by atoms with van der Waals surface area (Å²) in [6.07, 6.45) is -6.37. The van der Waals surface area contributed by atoms with Crippen LogP contribution in [0.2, 0.25) is 0 Å². The van der Waals surface area contributed by atoms with Crippen molar-refractivity contribution in [2.24, 2.45) is 0 Å². The molecule has 0 aliphatic carbocycles. The summed E-state index contributed by atoms with van der Waals surface area (Å²) in [6, 6.07) is 0. The van der Waals surface area contributed by atoms with Gasteiger partial charge in [-0.15, -0.1) is 0 Å². The molecule has 1 atom stereocenters. The van der Waals surface area contributed by atoms with Crippen molar-refractivity contribution in [3.8, 4) is 0 Å². The van der Waals surface area contributed by atoms with E-state index in [9.17, 15) is 13.2 Å². The Balaban J connectivity index is 2.40. The summed E-state index contributed by atoms with van der Waals surface area (Å²) in [4.78, 5) is 16.9. The predicted molar refractivity (Wildman–Crippen MR) is 93.6 cm³/mol. The number of aliphatic hydroxyl groups is 1. The number of hydrogen-bond donors (Lipinski definition) is 5. The molecule has 0 saturated heterocycles. The lowest BCUT2D eigenvalue weighted by Gasteiger charge is -2.16. The van der Waals surface area contributed by atoms with Crippen LogP contribution in [0.5, 0.6) is 0 Å². The zero-order valence-electron chi connectivity index (χ0n) is 14.6. The quantitative estimate of drug-likeness (QED) is 0.470. The Morgan fingerprint density at radius 3 is 1.85 bits per heavy atom. The molecule has 0 bridgehead atoms. The van der Waals surface area contributed by atoms with E-state index in [1.54, 1.807) is 14.1 Å². The molecule has 144 valence electrons. The molecule has 1 unspecified atom stereocenters. The Kier molecular flexibility index (Phi) is 6.18. The summed E-state index contributed by atoms with van der Waals surface area (Å²) in [7, 11) is 3.25. The second kappa shape index (κ2) is 8.17. The van der Waals surface area contributed by atoms with Crippen LogP contribution in [0.1, 0.15) is 13.3 Å². The van der Waals surface area contributed by atoms with Gasteiger partial charge in [0.1, 0.15) is 11.0 Å². The number of halogens is 3. The Hall–Kier alpha value is -2.63. The molecule has 0 aromatic carbocycles. The van der Waals surface area contributed by atoms with Gasteiger partial charge >= 0.3 is 6.18 Å². The summed E-state index contributed by atoms with van der Waals surface area (Å²) in [5, 5.41) is 20.3. The van der Waals surface area contributed by atoms with Gasteiger partial charge in [0, 0.05) is 20.6 Å². The van der Waals surface area contributed by atoms with Crippen molar-refractivity contribution < 1.29 is 18.3 Å². The number of fused-ring (bicyclic) bond motifs is 1. The van der Waals surface area contributed by atoms with Crippen LogP contribution in [-0.2, 0) is 0 Å². The van der Waals surface area contributed by atoms with Gasteiger partial charge in [0.25, 0.3) is 0 Å². The van der Waals surface area contributed by atoms with E-state index in [-0.39, 0.29) is 5.95 Å². The van der Waals surface area contributed by atoms with Crippen molar-refractivity contribution in [3.63, 3.8) is 0 Å². The number of rotatable bonds is 8. The second-order valence-electron chi connectivity index (χ2n) is 5.35. The highest BCUT2D eigenvalue weighted by Crippen LogP contribution is 2.27. The van der Waals surface area contributed by atoms with Crippen LogP contribution >= 0.6 is 0 Å². The molecule has 2 heterocycles. The molecule has 0 aliphatic rings. The fourth-order valence-corrected chi connectivity index (χ4v) is 2.06. The van der Waals surface area contributed by atoms with Crippen molar-refractivity contribution >= 4 is 34.6 Å². The van der Waals surface area contributed by atoms with Gasteiger partial charge in [-0.2, -0.15) is 23.1 Å². The molecule has 2 aromatic rings. The third-order valence-electron chi connectivity index (χ3n) is 3.38. The van der Waals surface area contributed by atoms with Gasteiger partial charge in [-0.3, -0.25) is 0 Å². The molecule has 26 heavy (non-hydrogen) atoms. The van der Waals surface area contributed by atoms with E-state index in [0.29, 0.717) is 35.2 Å². The molecule has 9 nitrogen and oxygen atoms in total. The van der Waals surface area contributed by atoms with Gasteiger partial charge in [0.2, 0.25) is 11.9 Å². The van der Waals surface area contributed by atoms with Crippen molar-refractivity contribution in [3.05, 3.63) is 0 Å². The highest BCUT2D eigenvalue weighted by Gasteiger charge is 2.38. The maximum atomic E-state index is 12.4. The molecule has 2 aromatic heterocycles. The van der Waals surface area contributed by atoms with Gasteiger partial charge in [-0.25, -0.2) is 9.97 Å². The number of nitrogens with one attached hydrogen (secondary N) is 4. The monoisotopic (exact) mass is 374 g/mol. The number of hydrogen-bond acceptors (Lipinski definition) is 9. The topological polar surface area (TPSA) is 120 Å². The first-order valence-corrected chi connectivity index (χ1v) is 7.98. The van der Waals surface area contributed by atoms with Crippen LogP contribution < -0.4 is 21.3 Å². The Morgan fingerprint density at radius 2 is 1.42 bits per heavy atom. The first-order valence-electron chi connectivity index (χ1n) is 7.98. The van der Waals surface area contributed by atoms with Crippen LogP contribution in [0.3, 0.4) is 0 Å². The SMILES string of the molecule is CCCNc1nc(NC)c2nc(NCC(O)C(F)(F)F)nc(NC)c2n1. The highest BCUT2D eigenvalue weighted by molar-refractivity contribution is 5.94. The first kappa shape index (κ1) is 19.7. The average Bonchev–Trinajstić information content (AvgIpc) is 2.62. The molecule has 0 aliphatic heterocycles. The summed E-state index contributed by atoms with van der Waals surface area (Å²) in [5.74, 6) is 1.01. The maximum Gasteiger partial charge on any atom is 0.416 e. The number of aliphatic hydroxyl groups excluding tert-OH is 1. The molecule has 12 heteroatoms. The molecule has 0 spiro atoms. The Labute approximate surface area is 147 Å². The van der Waals surface area contributed by atoms with Gasteiger partial charge < -0.3 is 26.4 Å². The zero-order valence-corrected chi connectivity index (χ0v) is 14.6. The molecule has 2 rings (SSSR count). The summed E-state index contributed by atoms with van der Waals surface area (Å²) in [6.45, 7) is 1.91. The predicted octanol–water partition coefficient (Wildman–Crippen LogP) is 1.66. The van der Waals surface area contributed by atoms with Crippen LogP contribution in [-0.4, -0.2) is 64.5 Å². The standard InChI is InChI=1S/C14H21F3N8O/c1-4-5-20-12-22-8-9(10(18-2)24-12)23-13(25-11(8)19-3)21-6-7(26)14(15,16)17/h7,26H,4-6H2,1-3H3,(H2,18,20,22,24)(H2,19,21,23,25). The number of nitrogens with zero attached hydrogens (tertiary/aromatic N) is 4. The van der Waals surface area contributed by atoms with Crippen LogP contribution in [0, 0.1) is 0 Å². The molecule has 0 saturated carbocycles. The summed E-state index contributed by atoms with van der Waals surface area (Å²) >= 11 is 0. The third kappa shape index (κ3) is 4.50. The fraction of sp³-hybridized carbons (Fsp3) is 0.571.